The molecule has 0 saturated heterocycles. The second-order valence-corrected chi connectivity index (χ2v) is 5.39. The quantitative estimate of drug-likeness (QED) is 0.756. The second kappa shape index (κ2) is 7.52. The van der Waals surface area contributed by atoms with E-state index in [-0.39, 0.29) is 5.60 Å². The van der Waals surface area contributed by atoms with Crippen LogP contribution < -0.4 is 5.32 Å². The van der Waals surface area contributed by atoms with Gasteiger partial charge in [0.2, 0.25) is 0 Å². The van der Waals surface area contributed by atoms with Gasteiger partial charge in [-0.25, -0.2) is 0 Å². The largest absolute Gasteiger partial charge is 0.380 e. The first-order valence-corrected chi connectivity index (χ1v) is 6.43. The van der Waals surface area contributed by atoms with Gasteiger partial charge in [0, 0.05) is 20.2 Å². The van der Waals surface area contributed by atoms with Crippen LogP contribution >= 0.6 is 0 Å². The lowest BCUT2D eigenvalue weighted by molar-refractivity contribution is -0.000886. The van der Waals surface area contributed by atoms with Crippen LogP contribution in [0.5, 0.6) is 0 Å². The van der Waals surface area contributed by atoms with Gasteiger partial charge in [-0.1, -0.05) is 24.3 Å². The zero-order chi connectivity index (χ0) is 13.4. The SMILES string of the molecule is COCc1cccc(CNCCOC(C)(C)C)c1. The maximum absolute atomic E-state index is 5.65. The van der Waals surface area contributed by atoms with E-state index < -0.39 is 0 Å². The van der Waals surface area contributed by atoms with Gasteiger partial charge in [-0.3, -0.25) is 0 Å². The molecule has 3 heteroatoms. The molecule has 0 amide bonds. The van der Waals surface area contributed by atoms with E-state index in [0.29, 0.717) is 6.61 Å². The fourth-order valence-corrected chi connectivity index (χ4v) is 1.66. The summed E-state index contributed by atoms with van der Waals surface area (Å²) >= 11 is 0. The first-order valence-electron chi connectivity index (χ1n) is 6.43. The highest BCUT2D eigenvalue weighted by atomic mass is 16.5. The molecule has 1 N–H and O–H groups in total. The predicted octanol–water partition coefficient (Wildman–Crippen LogP) is 2.74. The van der Waals surface area contributed by atoms with E-state index in [1.807, 2.05) is 0 Å². The average molecular weight is 251 g/mol. The van der Waals surface area contributed by atoms with Gasteiger partial charge in [-0.05, 0) is 31.9 Å². The smallest absolute Gasteiger partial charge is 0.0713 e. The maximum Gasteiger partial charge on any atom is 0.0713 e. The van der Waals surface area contributed by atoms with Gasteiger partial charge in [0.05, 0.1) is 18.8 Å². The average Bonchev–Trinajstić information content (AvgIpc) is 2.28. The molecule has 1 aromatic rings. The summed E-state index contributed by atoms with van der Waals surface area (Å²) in [5, 5.41) is 3.38. The first-order chi connectivity index (χ1) is 8.51. The molecule has 102 valence electrons. The molecule has 3 nitrogen and oxygen atoms in total. The van der Waals surface area contributed by atoms with Crippen LogP contribution in [0.3, 0.4) is 0 Å². The summed E-state index contributed by atoms with van der Waals surface area (Å²) in [6.07, 6.45) is 0. The van der Waals surface area contributed by atoms with Crippen molar-refractivity contribution in [2.75, 3.05) is 20.3 Å². The molecular weight excluding hydrogens is 226 g/mol. The Morgan fingerprint density at radius 1 is 1.17 bits per heavy atom. The molecule has 1 aromatic carbocycles. The number of hydrogen-bond acceptors (Lipinski definition) is 3. The standard InChI is InChI=1S/C15H25NO2/c1-15(2,3)18-9-8-16-11-13-6-5-7-14(10-13)12-17-4/h5-7,10,16H,8-9,11-12H2,1-4H3. The van der Waals surface area contributed by atoms with Crippen molar-refractivity contribution in [2.24, 2.45) is 0 Å². The van der Waals surface area contributed by atoms with Gasteiger partial charge in [-0.2, -0.15) is 0 Å². The van der Waals surface area contributed by atoms with Crippen LogP contribution in [-0.2, 0) is 22.6 Å². The molecule has 0 bridgehead atoms. The van der Waals surface area contributed by atoms with Crippen molar-refractivity contribution in [2.45, 2.75) is 39.5 Å². The molecule has 0 saturated carbocycles. The highest BCUT2D eigenvalue weighted by Crippen LogP contribution is 2.07. The predicted molar refractivity (Wildman–Crippen MR) is 74.6 cm³/mol. The van der Waals surface area contributed by atoms with Crippen LogP contribution in [-0.4, -0.2) is 25.9 Å². The summed E-state index contributed by atoms with van der Waals surface area (Å²) in [6, 6.07) is 8.44. The normalized spacial score (nSPS) is 11.8. The Bertz CT molecular complexity index is 345. The van der Waals surface area contributed by atoms with Crippen molar-refractivity contribution in [1.29, 1.82) is 0 Å². The summed E-state index contributed by atoms with van der Waals surface area (Å²) in [5.41, 5.74) is 2.43. The lowest BCUT2D eigenvalue weighted by atomic mass is 10.1. The number of benzene rings is 1. The van der Waals surface area contributed by atoms with Crippen LogP contribution in [0.1, 0.15) is 31.9 Å². The number of rotatable bonds is 7. The van der Waals surface area contributed by atoms with Crippen molar-refractivity contribution in [3.05, 3.63) is 35.4 Å². The summed E-state index contributed by atoms with van der Waals surface area (Å²) in [6.45, 7) is 9.35. The van der Waals surface area contributed by atoms with E-state index in [2.05, 4.69) is 50.4 Å². The molecule has 0 spiro atoms. The summed E-state index contributed by atoms with van der Waals surface area (Å²) in [4.78, 5) is 0. The fraction of sp³-hybridized carbons (Fsp3) is 0.600. The van der Waals surface area contributed by atoms with Crippen LogP contribution in [0.4, 0.5) is 0 Å². The summed E-state index contributed by atoms with van der Waals surface area (Å²) in [5.74, 6) is 0. The van der Waals surface area contributed by atoms with Crippen molar-refractivity contribution in [3.63, 3.8) is 0 Å². The van der Waals surface area contributed by atoms with Crippen molar-refractivity contribution in [1.82, 2.24) is 5.32 Å². The Labute approximate surface area is 110 Å². The van der Waals surface area contributed by atoms with Crippen LogP contribution in [0.25, 0.3) is 0 Å². The molecule has 0 unspecified atom stereocenters. The zero-order valence-electron chi connectivity index (χ0n) is 12.0. The second-order valence-electron chi connectivity index (χ2n) is 5.39. The third-order valence-electron chi connectivity index (χ3n) is 2.45. The van der Waals surface area contributed by atoms with E-state index in [1.165, 1.54) is 11.1 Å². The van der Waals surface area contributed by atoms with E-state index in [1.54, 1.807) is 7.11 Å². The van der Waals surface area contributed by atoms with Crippen LogP contribution in [0, 0.1) is 0 Å². The van der Waals surface area contributed by atoms with Crippen molar-refractivity contribution < 1.29 is 9.47 Å². The Hall–Kier alpha value is -0.900. The van der Waals surface area contributed by atoms with Crippen molar-refractivity contribution >= 4 is 0 Å². The fourth-order valence-electron chi connectivity index (χ4n) is 1.66. The van der Waals surface area contributed by atoms with Crippen LogP contribution in [0.15, 0.2) is 24.3 Å². The molecule has 1 rings (SSSR count). The minimum Gasteiger partial charge on any atom is -0.380 e. The van der Waals surface area contributed by atoms with Crippen LogP contribution in [0.2, 0.25) is 0 Å². The van der Waals surface area contributed by atoms with E-state index in [0.717, 1.165) is 19.7 Å². The minimum atomic E-state index is -0.0555. The zero-order valence-corrected chi connectivity index (χ0v) is 12.0. The van der Waals surface area contributed by atoms with E-state index >= 15 is 0 Å². The first kappa shape index (κ1) is 15.2. The molecule has 0 aliphatic carbocycles. The number of nitrogens with one attached hydrogen (secondary N) is 1. The Morgan fingerprint density at radius 2 is 1.89 bits per heavy atom. The van der Waals surface area contributed by atoms with Gasteiger partial charge in [-0.15, -0.1) is 0 Å². The molecule has 0 radical (unpaired) electrons. The highest BCUT2D eigenvalue weighted by Gasteiger charge is 2.08. The lowest BCUT2D eigenvalue weighted by Gasteiger charge is -2.19. The topological polar surface area (TPSA) is 30.5 Å². The number of hydrogen-bond donors (Lipinski definition) is 1. The van der Waals surface area contributed by atoms with Gasteiger partial charge >= 0.3 is 0 Å². The highest BCUT2D eigenvalue weighted by molar-refractivity contribution is 5.22. The van der Waals surface area contributed by atoms with Gasteiger partial charge in [0.1, 0.15) is 0 Å². The molecule has 0 fully saturated rings. The molecule has 0 atom stereocenters. The number of methoxy groups -OCH3 is 1. The van der Waals surface area contributed by atoms with Gasteiger partial charge < -0.3 is 14.8 Å². The molecular formula is C15H25NO2. The molecule has 18 heavy (non-hydrogen) atoms. The lowest BCUT2D eigenvalue weighted by Crippen LogP contribution is -2.26. The Balaban J connectivity index is 2.24. The molecule has 0 aliphatic rings. The van der Waals surface area contributed by atoms with Gasteiger partial charge in [0.25, 0.3) is 0 Å². The monoisotopic (exact) mass is 251 g/mol. The number of ether oxygens (including phenoxy) is 2. The third-order valence-corrected chi connectivity index (χ3v) is 2.45. The Kier molecular flexibility index (Phi) is 6.33. The van der Waals surface area contributed by atoms with E-state index in [9.17, 15) is 0 Å². The van der Waals surface area contributed by atoms with Gasteiger partial charge in [0.15, 0.2) is 0 Å². The minimum absolute atomic E-state index is 0.0555. The maximum atomic E-state index is 5.65. The third kappa shape index (κ3) is 6.74. The summed E-state index contributed by atoms with van der Waals surface area (Å²) in [7, 11) is 1.72. The summed E-state index contributed by atoms with van der Waals surface area (Å²) < 4.78 is 10.8. The van der Waals surface area contributed by atoms with E-state index in [4.69, 9.17) is 9.47 Å². The Morgan fingerprint density at radius 3 is 2.56 bits per heavy atom. The molecule has 0 aromatic heterocycles. The molecule has 0 heterocycles. The molecule has 0 aliphatic heterocycles. The van der Waals surface area contributed by atoms with Crippen molar-refractivity contribution in [3.8, 4) is 0 Å².